The van der Waals surface area contributed by atoms with Crippen LogP contribution in [-0.2, 0) is 9.53 Å². The minimum absolute atomic E-state index is 0.130. The van der Waals surface area contributed by atoms with Crippen LogP contribution < -0.4 is 0 Å². The molecule has 114 valence electrons. The van der Waals surface area contributed by atoms with Crippen molar-refractivity contribution in [1.82, 2.24) is 4.90 Å². The molecule has 0 bridgehead atoms. The van der Waals surface area contributed by atoms with Crippen LogP contribution in [0.25, 0.3) is 0 Å². The van der Waals surface area contributed by atoms with E-state index in [-0.39, 0.29) is 19.1 Å². The standard InChI is InChI=1S/C15H17F2NO3/c1-2-21-15(20)10-5-4-8-18(9-10)14(19)13-11(16)6-3-7-12(13)17/h3,6-7,10H,2,4-5,8-9H2,1H3/t10-/m1/s1. The highest BCUT2D eigenvalue weighted by Crippen LogP contribution is 2.22. The number of esters is 1. The van der Waals surface area contributed by atoms with Gasteiger partial charge in [0.1, 0.15) is 17.2 Å². The van der Waals surface area contributed by atoms with Crippen molar-refractivity contribution in [3.05, 3.63) is 35.4 Å². The Labute approximate surface area is 121 Å². The Bertz CT molecular complexity index is 527. The SMILES string of the molecule is CCOC(=O)[C@@H]1CCCN(C(=O)c2c(F)cccc2F)C1. The number of carbonyl (C=O) groups excluding carboxylic acids is 2. The third-order valence-electron chi connectivity index (χ3n) is 3.51. The highest BCUT2D eigenvalue weighted by Gasteiger charge is 2.31. The van der Waals surface area contributed by atoms with Gasteiger partial charge in [-0.15, -0.1) is 0 Å². The summed E-state index contributed by atoms with van der Waals surface area (Å²) in [7, 11) is 0. The largest absolute Gasteiger partial charge is 0.466 e. The molecule has 0 N–H and O–H groups in total. The Morgan fingerprint density at radius 2 is 2.00 bits per heavy atom. The molecule has 1 aromatic rings. The monoisotopic (exact) mass is 297 g/mol. The van der Waals surface area contributed by atoms with Crippen molar-refractivity contribution in [2.75, 3.05) is 19.7 Å². The highest BCUT2D eigenvalue weighted by atomic mass is 19.1. The van der Waals surface area contributed by atoms with E-state index in [4.69, 9.17) is 4.74 Å². The molecule has 1 aromatic carbocycles. The van der Waals surface area contributed by atoms with Crippen LogP contribution in [0.2, 0.25) is 0 Å². The molecular weight excluding hydrogens is 280 g/mol. The number of hydrogen-bond donors (Lipinski definition) is 0. The van der Waals surface area contributed by atoms with E-state index in [1.165, 1.54) is 11.0 Å². The van der Waals surface area contributed by atoms with Gasteiger partial charge < -0.3 is 9.64 Å². The summed E-state index contributed by atoms with van der Waals surface area (Å²) < 4.78 is 32.2. The lowest BCUT2D eigenvalue weighted by Gasteiger charge is -2.31. The first-order valence-electron chi connectivity index (χ1n) is 6.94. The second-order valence-electron chi connectivity index (χ2n) is 4.94. The molecule has 0 saturated carbocycles. The Hall–Kier alpha value is -1.98. The van der Waals surface area contributed by atoms with Crippen molar-refractivity contribution in [3.8, 4) is 0 Å². The minimum atomic E-state index is -0.891. The van der Waals surface area contributed by atoms with Crippen LogP contribution in [0.3, 0.4) is 0 Å². The maximum atomic E-state index is 13.7. The first-order valence-corrected chi connectivity index (χ1v) is 6.94. The lowest BCUT2D eigenvalue weighted by molar-refractivity contribution is -0.149. The lowest BCUT2D eigenvalue weighted by Crippen LogP contribution is -2.43. The van der Waals surface area contributed by atoms with Gasteiger partial charge in [-0.3, -0.25) is 9.59 Å². The fourth-order valence-electron chi connectivity index (χ4n) is 2.47. The number of nitrogens with zero attached hydrogens (tertiary/aromatic N) is 1. The molecule has 1 atom stereocenters. The van der Waals surface area contributed by atoms with E-state index in [9.17, 15) is 18.4 Å². The normalized spacial score (nSPS) is 18.4. The van der Waals surface area contributed by atoms with Gasteiger partial charge in [-0.05, 0) is 31.9 Å². The van der Waals surface area contributed by atoms with E-state index in [0.717, 1.165) is 12.1 Å². The zero-order chi connectivity index (χ0) is 15.4. The summed E-state index contributed by atoms with van der Waals surface area (Å²) >= 11 is 0. The zero-order valence-corrected chi connectivity index (χ0v) is 11.8. The predicted molar refractivity (Wildman–Crippen MR) is 71.6 cm³/mol. The molecule has 4 nitrogen and oxygen atoms in total. The van der Waals surface area contributed by atoms with E-state index < -0.39 is 29.0 Å². The van der Waals surface area contributed by atoms with Crippen molar-refractivity contribution in [3.63, 3.8) is 0 Å². The number of rotatable bonds is 3. The summed E-state index contributed by atoms with van der Waals surface area (Å²) in [6.45, 7) is 2.48. The Balaban J connectivity index is 2.14. The molecule has 1 fully saturated rings. The Morgan fingerprint density at radius 3 is 2.62 bits per heavy atom. The number of piperidine rings is 1. The summed E-state index contributed by atoms with van der Waals surface area (Å²) in [4.78, 5) is 25.3. The number of halogens is 2. The van der Waals surface area contributed by atoms with E-state index in [2.05, 4.69) is 0 Å². The average Bonchev–Trinajstić information content (AvgIpc) is 2.47. The predicted octanol–water partition coefficient (Wildman–Crippen LogP) is 2.38. The van der Waals surface area contributed by atoms with Gasteiger partial charge in [-0.1, -0.05) is 6.07 Å². The summed E-state index contributed by atoms with van der Waals surface area (Å²) in [6, 6.07) is 3.30. The van der Waals surface area contributed by atoms with Crippen molar-refractivity contribution in [2.45, 2.75) is 19.8 Å². The van der Waals surface area contributed by atoms with Gasteiger partial charge >= 0.3 is 5.97 Å². The van der Waals surface area contributed by atoms with Gasteiger partial charge in [-0.25, -0.2) is 8.78 Å². The van der Waals surface area contributed by atoms with Gasteiger partial charge in [0.15, 0.2) is 0 Å². The highest BCUT2D eigenvalue weighted by molar-refractivity contribution is 5.95. The second-order valence-corrected chi connectivity index (χ2v) is 4.94. The maximum Gasteiger partial charge on any atom is 0.310 e. The number of likely N-dealkylation sites (tertiary alicyclic amines) is 1. The first kappa shape index (κ1) is 15.4. The molecule has 0 aromatic heterocycles. The molecule has 0 aliphatic carbocycles. The second kappa shape index (κ2) is 6.65. The molecule has 2 rings (SSSR count). The van der Waals surface area contributed by atoms with Crippen molar-refractivity contribution in [1.29, 1.82) is 0 Å². The molecule has 1 heterocycles. The Kier molecular flexibility index (Phi) is 4.88. The van der Waals surface area contributed by atoms with Crippen molar-refractivity contribution < 1.29 is 23.1 Å². The van der Waals surface area contributed by atoms with Crippen LogP contribution in [0.4, 0.5) is 8.78 Å². The fraction of sp³-hybridized carbons (Fsp3) is 0.467. The topological polar surface area (TPSA) is 46.6 Å². The molecule has 1 aliphatic heterocycles. The van der Waals surface area contributed by atoms with Crippen LogP contribution in [0.1, 0.15) is 30.1 Å². The van der Waals surface area contributed by atoms with Crippen LogP contribution in [0.5, 0.6) is 0 Å². The molecule has 0 radical (unpaired) electrons. The number of hydrogen-bond acceptors (Lipinski definition) is 3. The lowest BCUT2D eigenvalue weighted by atomic mass is 9.97. The number of benzene rings is 1. The molecule has 0 unspecified atom stereocenters. The van der Waals surface area contributed by atoms with Gasteiger partial charge in [0.2, 0.25) is 0 Å². The quantitative estimate of drug-likeness (QED) is 0.805. The molecule has 6 heteroatoms. The molecule has 1 amide bonds. The van der Waals surface area contributed by atoms with Gasteiger partial charge in [-0.2, -0.15) is 0 Å². The van der Waals surface area contributed by atoms with Crippen molar-refractivity contribution in [2.24, 2.45) is 5.92 Å². The van der Waals surface area contributed by atoms with Gasteiger partial charge in [0, 0.05) is 13.1 Å². The van der Waals surface area contributed by atoms with Crippen LogP contribution >= 0.6 is 0 Å². The third kappa shape index (κ3) is 3.37. The van der Waals surface area contributed by atoms with Crippen LogP contribution in [-0.4, -0.2) is 36.5 Å². The average molecular weight is 297 g/mol. The smallest absolute Gasteiger partial charge is 0.310 e. The molecule has 1 saturated heterocycles. The molecule has 0 spiro atoms. The van der Waals surface area contributed by atoms with E-state index >= 15 is 0 Å². The van der Waals surface area contributed by atoms with E-state index in [1.807, 2.05) is 0 Å². The summed E-state index contributed by atoms with van der Waals surface area (Å²) in [5.41, 5.74) is -0.568. The minimum Gasteiger partial charge on any atom is -0.466 e. The van der Waals surface area contributed by atoms with Gasteiger partial charge in [0.25, 0.3) is 5.91 Å². The third-order valence-corrected chi connectivity index (χ3v) is 3.51. The summed E-state index contributed by atoms with van der Waals surface area (Å²) in [6.07, 6.45) is 1.22. The van der Waals surface area contributed by atoms with Crippen LogP contribution in [0.15, 0.2) is 18.2 Å². The molecule has 21 heavy (non-hydrogen) atoms. The number of amides is 1. The molecule has 1 aliphatic rings. The summed E-state index contributed by atoms with van der Waals surface area (Å²) in [5.74, 6) is -3.31. The number of ether oxygens (including phenoxy) is 1. The maximum absolute atomic E-state index is 13.7. The number of carbonyl (C=O) groups is 2. The first-order chi connectivity index (χ1) is 10.0. The Morgan fingerprint density at radius 1 is 1.33 bits per heavy atom. The van der Waals surface area contributed by atoms with Crippen LogP contribution in [0, 0.1) is 17.6 Å². The van der Waals surface area contributed by atoms with E-state index in [0.29, 0.717) is 19.4 Å². The summed E-state index contributed by atoms with van der Waals surface area (Å²) in [5, 5.41) is 0. The fourth-order valence-corrected chi connectivity index (χ4v) is 2.47. The zero-order valence-electron chi connectivity index (χ0n) is 11.8. The van der Waals surface area contributed by atoms with Crippen molar-refractivity contribution >= 4 is 11.9 Å². The molecular formula is C15H17F2NO3. The van der Waals surface area contributed by atoms with E-state index in [1.54, 1.807) is 6.92 Å². The van der Waals surface area contributed by atoms with Gasteiger partial charge in [0.05, 0.1) is 12.5 Å².